The number of benzene rings is 1. The average Bonchev–Trinajstić information content (AvgIpc) is 2.93. The average molecular weight is 368 g/mol. The van der Waals surface area contributed by atoms with Crippen LogP contribution in [0.5, 0.6) is 0 Å². The maximum Gasteiger partial charge on any atom is 0.253 e. The summed E-state index contributed by atoms with van der Waals surface area (Å²) < 4.78 is 0. The van der Waals surface area contributed by atoms with Gasteiger partial charge in [-0.05, 0) is 50.0 Å². The number of aliphatic hydroxyl groups is 1. The summed E-state index contributed by atoms with van der Waals surface area (Å²) in [5.41, 5.74) is 2.18. The molecule has 27 heavy (non-hydrogen) atoms. The van der Waals surface area contributed by atoms with Crippen molar-refractivity contribution < 1.29 is 9.90 Å². The molecule has 2 atom stereocenters. The van der Waals surface area contributed by atoms with Crippen molar-refractivity contribution in [1.82, 2.24) is 19.8 Å². The first kappa shape index (κ1) is 18.3. The first-order chi connectivity index (χ1) is 13.2. The van der Waals surface area contributed by atoms with E-state index >= 15 is 0 Å². The Morgan fingerprint density at radius 3 is 2.44 bits per heavy atom. The highest BCUT2D eigenvalue weighted by atomic mass is 16.3. The maximum absolute atomic E-state index is 13.0. The molecule has 0 aliphatic carbocycles. The van der Waals surface area contributed by atoms with Gasteiger partial charge in [-0.15, -0.1) is 0 Å². The van der Waals surface area contributed by atoms with Gasteiger partial charge in [-0.2, -0.15) is 0 Å². The minimum Gasteiger partial charge on any atom is -0.396 e. The zero-order chi connectivity index (χ0) is 18.6. The third-order valence-corrected chi connectivity index (χ3v) is 6.01. The van der Waals surface area contributed by atoms with Gasteiger partial charge < -0.3 is 14.9 Å². The predicted molar refractivity (Wildman–Crippen MR) is 104 cm³/mol. The van der Waals surface area contributed by atoms with E-state index in [1.165, 1.54) is 25.7 Å². The molecule has 0 radical (unpaired) electrons. The van der Waals surface area contributed by atoms with E-state index in [-0.39, 0.29) is 18.4 Å². The zero-order valence-electron chi connectivity index (χ0n) is 15.8. The van der Waals surface area contributed by atoms with Gasteiger partial charge in [-0.3, -0.25) is 14.8 Å². The van der Waals surface area contributed by atoms with Gasteiger partial charge in [0.25, 0.3) is 5.91 Å². The van der Waals surface area contributed by atoms with E-state index in [1.54, 1.807) is 12.4 Å². The molecule has 0 unspecified atom stereocenters. The van der Waals surface area contributed by atoms with Crippen molar-refractivity contribution in [2.24, 2.45) is 11.8 Å². The van der Waals surface area contributed by atoms with Crippen LogP contribution < -0.4 is 0 Å². The van der Waals surface area contributed by atoms with Gasteiger partial charge in [0.2, 0.25) is 0 Å². The number of hydrogen-bond acceptors (Lipinski definition) is 5. The number of rotatable bonds is 4. The summed E-state index contributed by atoms with van der Waals surface area (Å²) in [6, 6.07) is 5.50. The molecule has 0 spiro atoms. The number of carbonyl (C=O) groups is 1. The van der Waals surface area contributed by atoms with Crippen molar-refractivity contribution in [2.45, 2.75) is 25.7 Å². The minimum absolute atomic E-state index is 0.0272. The number of hydrogen-bond donors (Lipinski definition) is 1. The molecule has 3 heterocycles. The van der Waals surface area contributed by atoms with Crippen LogP contribution in [0.1, 0.15) is 36.0 Å². The van der Waals surface area contributed by atoms with Gasteiger partial charge in [0.15, 0.2) is 0 Å². The number of aliphatic hydroxyl groups excluding tert-OH is 1. The highest BCUT2D eigenvalue weighted by molar-refractivity contribution is 5.97. The molecule has 6 nitrogen and oxygen atoms in total. The topological polar surface area (TPSA) is 69.6 Å². The van der Waals surface area contributed by atoms with E-state index < -0.39 is 0 Å². The Morgan fingerprint density at radius 1 is 1.00 bits per heavy atom. The number of nitrogens with zero attached hydrogens (tertiary/aromatic N) is 4. The van der Waals surface area contributed by atoms with Crippen molar-refractivity contribution in [3.8, 4) is 0 Å². The summed E-state index contributed by atoms with van der Waals surface area (Å²) in [6.07, 6.45) is 8.46. The molecule has 1 aromatic heterocycles. The van der Waals surface area contributed by atoms with E-state index in [4.69, 9.17) is 0 Å². The van der Waals surface area contributed by atoms with Crippen LogP contribution in [0.2, 0.25) is 0 Å². The summed E-state index contributed by atoms with van der Waals surface area (Å²) in [5.74, 6) is 0.536. The molecule has 1 aromatic carbocycles. The third-order valence-electron chi connectivity index (χ3n) is 6.01. The SMILES string of the molecule is O=C(c1ccc2nccnc2c1)N1C[C@@H](CO)[C@@H](CN2CCCCCC2)C1. The lowest BCUT2D eigenvalue weighted by molar-refractivity contribution is 0.0779. The van der Waals surface area contributed by atoms with Crippen LogP contribution in [0, 0.1) is 11.8 Å². The lowest BCUT2D eigenvalue weighted by atomic mass is 9.96. The molecule has 4 rings (SSSR count). The first-order valence-electron chi connectivity index (χ1n) is 10.1. The molecule has 144 valence electrons. The monoisotopic (exact) mass is 368 g/mol. The quantitative estimate of drug-likeness (QED) is 0.896. The first-order valence-corrected chi connectivity index (χ1v) is 10.1. The second kappa shape index (κ2) is 8.31. The smallest absolute Gasteiger partial charge is 0.253 e. The Kier molecular flexibility index (Phi) is 5.64. The van der Waals surface area contributed by atoms with Gasteiger partial charge in [0.1, 0.15) is 0 Å². The van der Waals surface area contributed by atoms with E-state index in [1.807, 2.05) is 23.1 Å². The minimum atomic E-state index is 0.0272. The van der Waals surface area contributed by atoms with Crippen molar-refractivity contribution in [2.75, 3.05) is 39.3 Å². The second-order valence-corrected chi connectivity index (χ2v) is 7.89. The molecule has 2 fully saturated rings. The molecule has 2 aromatic rings. The Hall–Kier alpha value is -2.05. The molecule has 0 saturated carbocycles. The molecule has 1 amide bonds. The molecular formula is C21H28N4O2. The number of amides is 1. The normalized spacial score (nSPS) is 24.3. The molecule has 1 N–H and O–H groups in total. The summed E-state index contributed by atoms with van der Waals surface area (Å²) >= 11 is 0. The van der Waals surface area contributed by atoms with Crippen LogP contribution >= 0.6 is 0 Å². The van der Waals surface area contributed by atoms with Gasteiger partial charge in [0, 0.05) is 50.1 Å². The van der Waals surface area contributed by atoms with E-state index in [0.717, 1.165) is 37.2 Å². The van der Waals surface area contributed by atoms with Crippen molar-refractivity contribution >= 4 is 16.9 Å². The Labute approximate surface area is 160 Å². The van der Waals surface area contributed by atoms with Crippen LogP contribution in [0.3, 0.4) is 0 Å². The van der Waals surface area contributed by atoms with Crippen LogP contribution in [0.4, 0.5) is 0 Å². The molecule has 2 saturated heterocycles. The zero-order valence-corrected chi connectivity index (χ0v) is 15.8. The summed E-state index contributed by atoms with van der Waals surface area (Å²) in [7, 11) is 0. The largest absolute Gasteiger partial charge is 0.396 e. The fourth-order valence-electron chi connectivity index (χ4n) is 4.45. The van der Waals surface area contributed by atoms with Crippen LogP contribution in [-0.2, 0) is 0 Å². The number of fused-ring (bicyclic) bond motifs is 1. The van der Waals surface area contributed by atoms with Gasteiger partial charge in [0.05, 0.1) is 11.0 Å². The van der Waals surface area contributed by atoms with Gasteiger partial charge in [-0.25, -0.2) is 0 Å². The fraction of sp³-hybridized carbons (Fsp3) is 0.571. The lowest BCUT2D eigenvalue weighted by Crippen LogP contribution is -2.35. The van der Waals surface area contributed by atoms with E-state index in [2.05, 4.69) is 14.9 Å². The highest BCUT2D eigenvalue weighted by Gasteiger charge is 2.36. The molecule has 2 aliphatic rings. The molecule has 6 heteroatoms. The number of likely N-dealkylation sites (tertiary alicyclic amines) is 2. The Bertz CT molecular complexity index is 789. The van der Waals surface area contributed by atoms with Crippen LogP contribution in [-0.4, -0.2) is 70.1 Å². The van der Waals surface area contributed by atoms with Gasteiger partial charge >= 0.3 is 0 Å². The van der Waals surface area contributed by atoms with Crippen LogP contribution in [0.15, 0.2) is 30.6 Å². The van der Waals surface area contributed by atoms with Crippen molar-refractivity contribution in [3.05, 3.63) is 36.2 Å². The van der Waals surface area contributed by atoms with E-state index in [0.29, 0.717) is 18.0 Å². The maximum atomic E-state index is 13.0. The van der Waals surface area contributed by atoms with Gasteiger partial charge in [-0.1, -0.05) is 12.8 Å². The second-order valence-electron chi connectivity index (χ2n) is 7.89. The number of carbonyl (C=O) groups excluding carboxylic acids is 1. The third kappa shape index (κ3) is 4.12. The molecule has 2 aliphatic heterocycles. The highest BCUT2D eigenvalue weighted by Crippen LogP contribution is 2.27. The summed E-state index contributed by atoms with van der Waals surface area (Å²) in [6.45, 7) is 4.77. The Morgan fingerprint density at radius 2 is 1.70 bits per heavy atom. The summed E-state index contributed by atoms with van der Waals surface area (Å²) in [5, 5.41) is 9.86. The predicted octanol–water partition coefficient (Wildman–Crippen LogP) is 2.19. The summed E-state index contributed by atoms with van der Waals surface area (Å²) in [4.78, 5) is 26.0. The van der Waals surface area contributed by atoms with E-state index in [9.17, 15) is 9.90 Å². The molecule has 0 bridgehead atoms. The fourth-order valence-corrected chi connectivity index (χ4v) is 4.45. The molecular weight excluding hydrogens is 340 g/mol. The van der Waals surface area contributed by atoms with Crippen LogP contribution in [0.25, 0.3) is 11.0 Å². The Balaban J connectivity index is 1.45. The van der Waals surface area contributed by atoms with Crippen molar-refractivity contribution in [3.63, 3.8) is 0 Å². The standard InChI is InChI=1S/C21H28N4O2/c26-15-18-14-25(13-17(18)12-24-9-3-1-2-4-10-24)21(27)16-5-6-19-20(11-16)23-8-7-22-19/h5-8,11,17-18,26H,1-4,9-10,12-15H2/t17-,18-/m0/s1. The number of aromatic nitrogens is 2. The lowest BCUT2D eigenvalue weighted by Gasteiger charge is -2.26. The van der Waals surface area contributed by atoms with Crippen molar-refractivity contribution in [1.29, 1.82) is 0 Å².